The molecule has 0 bridgehead atoms. The highest BCUT2D eigenvalue weighted by Crippen LogP contribution is 2.26. The van der Waals surface area contributed by atoms with Crippen molar-refractivity contribution in [3.63, 3.8) is 0 Å². The third-order valence-electron chi connectivity index (χ3n) is 3.31. The zero-order chi connectivity index (χ0) is 15.5. The standard InChI is InChI=1S/C16H14Cl2N4/c17-13-3-1-2-11(16(13)18)9-15-20-14(21-22-15)8-10-4-6-12(19)7-5-10/h1-7H,8-9,19H2,(H,20,21,22). The number of benzene rings is 2. The molecule has 6 heteroatoms. The Labute approximate surface area is 138 Å². The smallest absolute Gasteiger partial charge is 0.155 e. The highest BCUT2D eigenvalue weighted by atomic mass is 35.5. The summed E-state index contributed by atoms with van der Waals surface area (Å²) in [7, 11) is 0. The Morgan fingerprint density at radius 1 is 1.00 bits per heavy atom. The van der Waals surface area contributed by atoms with Crippen molar-refractivity contribution in [1.82, 2.24) is 15.2 Å². The van der Waals surface area contributed by atoms with Crippen molar-refractivity contribution in [2.45, 2.75) is 12.8 Å². The van der Waals surface area contributed by atoms with Crippen LogP contribution in [0.2, 0.25) is 10.0 Å². The normalized spacial score (nSPS) is 10.8. The van der Waals surface area contributed by atoms with Gasteiger partial charge in [0, 0.05) is 18.5 Å². The van der Waals surface area contributed by atoms with E-state index in [1.807, 2.05) is 36.4 Å². The van der Waals surface area contributed by atoms with E-state index in [1.54, 1.807) is 6.07 Å². The van der Waals surface area contributed by atoms with E-state index in [1.165, 1.54) is 0 Å². The molecule has 1 aromatic heterocycles. The monoisotopic (exact) mass is 332 g/mol. The highest BCUT2D eigenvalue weighted by molar-refractivity contribution is 6.42. The van der Waals surface area contributed by atoms with E-state index in [-0.39, 0.29) is 0 Å². The van der Waals surface area contributed by atoms with Crippen LogP contribution < -0.4 is 5.73 Å². The summed E-state index contributed by atoms with van der Waals surface area (Å²) in [6.45, 7) is 0. The zero-order valence-corrected chi connectivity index (χ0v) is 13.2. The number of hydrogen-bond acceptors (Lipinski definition) is 3. The summed E-state index contributed by atoms with van der Waals surface area (Å²) < 4.78 is 0. The van der Waals surface area contributed by atoms with Gasteiger partial charge < -0.3 is 5.73 Å². The summed E-state index contributed by atoms with van der Waals surface area (Å²) >= 11 is 12.2. The summed E-state index contributed by atoms with van der Waals surface area (Å²) in [5.74, 6) is 1.49. The van der Waals surface area contributed by atoms with Crippen molar-refractivity contribution in [3.05, 3.63) is 75.3 Å². The number of hydrogen-bond donors (Lipinski definition) is 2. The topological polar surface area (TPSA) is 67.6 Å². The van der Waals surface area contributed by atoms with Crippen LogP contribution in [0, 0.1) is 0 Å². The molecule has 112 valence electrons. The Morgan fingerprint density at radius 3 is 2.55 bits per heavy atom. The number of nitrogen functional groups attached to an aromatic ring is 1. The number of aromatic amines is 1. The van der Waals surface area contributed by atoms with Crippen LogP contribution in [-0.2, 0) is 12.8 Å². The molecule has 4 nitrogen and oxygen atoms in total. The van der Waals surface area contributed by atoms with Gasteiger partial charge in [-0.2, -0.15) is 5.10 Å². The van der Waals surface area contributed by atoms with Gasteiger partial charge in [-0.15, -0.1) is 0 Å². The molecule has 0 radical (unpaired) electrons. The van der Waals surface area contributed by atoms with Crippen molar-refractivity contribution >= 4 is 28.9 Å². The molecular weight excluding hydrogens is 319 g/mol. The van der Waals surface area contributed by atoms with Crippen LogP contribution in [0.1, 0.15) is 22.8 Å². The van der Waals surface area contributed by atoms with Gasteiger partial charge in [0.15, 0.2) is 5.82 Å². The number of nitrogens with one attached hydrogen (secondary N) is 1. The van der Waals surface area contributed by atoms with Gasteiger partial charge in [-0.1, -0.05) is 47.5 Å². The summed E-state index contributed by atoms with van der Waals surface area (Å²) in [4.78, 5) is 4.49. The first-order valence-electron chi connectivity index (χ1n) is 6.79. The van der Waals surface area contributed by atoms with Crippen molar-refractivity contribution in [2.75, 3.05) is 5.73 Å². The first-order valence-corrected chi connectivity index (χ1v) is 7.55. The second-order valence-electron chi connectivity index (χ2n) is 5.01. The molecule has 22 heavy (non-hydrogen) atoms. The number of anilines is 1. The predicted octanol–water partition coefficient (Wildman–Crippen LogP) is 3.88. The molecule has 0 saturated heterocycles. The molecular formula is C16H14Cl2N4. The average molecular weight is 333 g/mol. The van der Waals surface area contributed by atoms with Gasteiger partial charge in [0.1, 0.15) is 5.82 Å². The fourth-order valence-electron chi connectivity index (χ4n) is 2.18. The molecule has 0 spiro atoms. The maximum absolute atomic E-state index is 6.18. The second-order valence-corrected chi connectivity index (χ2v) is 5.79. The molecule has 0 saturated carbocycles. The summed E-state index contributed by atoms with van der Waals surface area (Å²) in [5, 5.41) is 8.28. The minimum absolute atomic E-state index is 0.539. The fourth-order valence-corrected chi connectivity index (χ4v) is 2.56. The van der Waals surface area contributed by atoms with Crippen LogP contribution in [0.4, 0.5) is 5.69 Å². The molecule has 3 N–H and O–H groups in total. The van der Waals surface area contributed by atoms with Gasteiger partial charge in [-0.05, 0) is 29.3 Å². The van der Waals surface area contributed by atoms with Gasteiger partial charge in [0.2, 0.25) is 0 Å². The number of halogens is 2. The number of aromatic nitrogens is 3. The molecule has 0 aliphatic rings. The molecule has 1 heterocycles. The largest absolute Gasteiger partial charge is 0.399 e. The summed E-state index contributed by atoms with van der Waals surface area (Å²) in [6.07, 6.45) is 1.22. The van der Waals surface area contributed by atoms with Crippen LogP contribution in [0.25, 0.3) is 0 Å². The lowest BCUT2D eigenvalue weighted by Gasteiger charge is -2.02. The van der Waals surface area contributed by atoms with E-state index in [4.69, 9.17) is 28.9 Å². The first kappa shape index (κ1) is 14.9. The van der Waals surface area contributed by atoms with E-state index in [2.05, 4.69) is 15.2 Å². The molecule has 0 fully saturated rings. The Kier molecular flexibility index (Phi) is 4.32. The third-order valence-corrected chi connectivity index (χ3v) is 4.17. The molecule has 0 unspecified atom stereocenters. The van der Waals surface area contributed by atoms with E-state index < -0.39 is 0 Å². The highest BCUT2D eigenvalue weighted by Gasteiger charge is 2.09. The Morgan fingerprint density at radius 2 is 1.77 bits per heavy atom. The molecule has 2 aromatic carbocycles. The fraction of sp³-hybridized carbons (Fsp3) is 0.125. The maximum Gasteiger partial charge on any atom is 0.155 e. The summed E-state index contributed by atoms with van der Waals surface area (Å²) in [5.41, 5.74) is 8.46. The van der Waals surface area contributed by atoms with Gasteiger partial charge in [0.25, 0.3) is 0 Å². The number of nitrogens with two attached hydrogens (primary N) is 1. The molecule has 0 amide bonds. The van der Waals surface area contributed by atoms with Gasteiger partial charge >= 0.3 is 0 Å². The van der Waals surface area contributed by atoms with Crippen molar-refractivity contribution in [2.24, 2.45) is 0 Å². The average Bonchev–Trinajstić information content (AvgIpc) is 2.94. The van der Waals surface area contributed by atoms with E-state index in [0.29, 0.717) is 28.7 Å². The van der Waals surface area contributed by atoms with E-state index in [0.717, 1.165) is 22.6 Å². The Bertz CT molecular complexity index is 781. The quantitative estimate of drug-likeness (QED) is 0.712. The number of rotatable bonds is 4. The van der Waals surface area contributed by atoms with Crippen LogP contribution in [-0.4, -0.2) is 15.2 Å². The van der Waals surface area contributed by atoms with Crippen LogP contribution in [0.15, 0.2) is 42.5 Å². The lowest BCUT2D eigenvalue weighted by molar-refractivity contribution is 0.958. The van der Waals surface area contributed by atoms with Crippen molar-refractivity contribution in [1.29, 1.82) is 0 Å². The molecule has 3 rings (SSSR count). The van der Waals surface area contributed by atoms with Crippen molar-refractivity contribution in [3.8, 4) is 0 Å². The molecule has 0 aliphatic heterocycles. The second kappa shape index (κ2) is 6.38. The molecule has 3 aromatic rings. The maximum atomic E-state index is 6.18. The third kappa shape index (κ3) is 3.40. The number of nitrogens with zero attached hydrogens (tertiary/aromatic N) is 2. The van der Waals surface area contributed by atoms with Crippen LogP contribution >= 0.6 is 23.2 Å². The number of H-pyrrole nitrogens is 1. The lowest BCUT2D eigenvalue weighted by atomic mass is 10.1. The minimum atomic E-state index is 0.539. The van der Waals surface area contributed by atoms with Crippen molar-refractivity contribution < 1.29 is 0 Å². The van der Waals surface area contributed by atoms with Gasteiger partial charge in [-0.25, -0.2) is 4.98 Å². The zero-order valence-electron chi connectivity index (χ0n) is 11.7. The summed E-state index contributed by atoms with van der Waals surface area (Å²) in [6, 6.07) is 13.3. The Hall–Kier alpha value is -2.04. The SMILES string of the molecule is Nc1ccc(Cc2nc(Cc3cccc(Cl)c3Cl)n[nH]2)cc1. The molecule has 0 atom stereocenters. The van der Waals surface area contributed by atoms with E-state index in [9.17, 15) is 0 Å². The van der Waals surface area contributed by atoms with Crippen LogP contribution in [0.5, 0.6) is 0 Å². The van der Waals surface area contributed by atoms with Gasteiger partial charge in [0.05, 0.1) is 10.0 Å². The van der Waals surface area contributed by atoms with Crippen LogP contribution in [0.3, 0.4) is 0 Å². The lowest BCUT2D eigenvalue weighted by Crippen LogP contribution is -1.94. The Balaban J connectivity index is 1.73. The molecule has 0 aliphatic carbocycles. The van der Waals surface area contributed by atoms with Gasteiger partial charge in [-0.3, -0.25) is 5.10 Å². The minimum Gasteiger partial charge on any atom is -0.399 e. The van der Waals surface area contributed by atoms with E-state index >= 15 is 0 Å². The predicted molar refractivity (Wildman–Crippen MR) is 89.3 cm³/mol. The first-order chi connectivity index (χ1) is 10.6.